The van der Waals surface area contributed by atoms with E-state index < -0.39 is 0 Å². The molecule has 0 aliphatic heterocycles. The Balaban J connectivity index is 2.58. The van der Waals surface area contributed by atoms with E-state index in [-0.39, 0.29) is 6.61 Å². The average Bonchev–Trinajstić information content (AvgIpc) is 2.60. The molecule has 2 aromatic rings. The maximum Gasteiger partial charge on any atom is 0.0854 e. The Morgan fingerprint density at radius 2 is 2.13 bits per heavy atom. The van der Waals surface area contributed by atoms with Crippen molar-refractivity contribution in [3.05, 3.63) is 46.7 Å². The Morgan fingerprint density at radius 1 is 1.40 bits per heavy atom. The number of para-hydroxylation sites is 1. The molecule has 0 saturated heterocycles. The Labute approximate surface area is 92.9 Å². The predicted octanol–water partition coefficient (Wildman–Crippen LogP) is 2.33. The van der Waals surface area contributed by atoms with Crippen molar-refractivity contribution in [2.45, 2.75) is 13.5 Å². The monoisotopic (exact) mass is 222 g/mol. The Kier molecular flexibility index (Phi) is 2.75. The van der Waals surface area contributed by atoms with Gasteiger partial charge < -0.3 is 5.11 Å². The van der Waals surface area contributed by atoms with E-state index >= 15 is 0 Å². The number of aryl methyl sites for hydroxylation is 1. The molecule has 0 fully saturated rings. The third kappa shape index (κ3) is 1.89. The minimum absolute atomic E-state index is 0.0495. The number of hydrogen-bond donors (Lipinski definition) is 1. The van der Waals surface area contributed by atoms with Gasteiger partial charge in [0.15, 0.2) is 0 Å². The number of nitrogens with zero attached hydrogens (tertiary/aromatic N) is 2. The Morgan fingerprint density at radius 3 is 2.80 bits per heavy atom. The van der Waals surface area contributed by atoms with Crippen LogP contribution in [0.15, 0.2) is 30.3 Å². The molecular weight excluding hydrogens is 212 g/mol. The fourth-order valence-corrected chi connectivity index (χ4v) is 1.71. The Bertz CT molecular complexity index is 479. The summed E-state index contributed by atoms with van der Waals surface area (Å²) >= 11 is 6.05. The zero-order valence-corrected chi connectivity index (χ0v) is 9.07. The van der Waals surface area contributed by atoms with Crippen molar-refractivity contribution in [1.29, 1.82) is 0 Å². The molecule has 0 aliphatic rings. The first kappa shape index (κ1) is 10.2. The summed E-state index contributed by atoms with van der Waals surface area (Å²) in [5.41, 5.74) is 2.39. The van der Waals surface area contributed by atoms with E-state index in [1.54, 1.807) is 10.7 Å². The van der Waals surface area contributed by atoms with Crippen LogP contribution in [-0.2, 0) is 6.61 Å². The SMILES string of the molecule is Cc1cc(CO)n(-c2ccccc2Cl)n1. The normalized spacial score (nSPS) is 10.6. The van der Waals surface area contributed by atoms with Crippen LogP contribution in [0.5, 0.6) is 0 Å². The summed E-state index contributed by atoms with van der Waals surface area (Å²) < 4.78 is 1.66. The maximum atomic E-state index is 9.18. The van der Waals surface area contributed by atoms with Gasteiger partial charge in [-0.2, -0.15) is 5.10 Å². The second-order valence-electron chi connectivity index (χ2n) is 3.30. The third-order valence-electron chi connectivity index (χ3n) is 2.15. The van der Waals surface area contributed by atoms with Crippen LogP contribution in [0.1, 0.15) is 11.4 Å². The summed E-state index contributed by atoms with van der Waals surface area (Å²) in [7, 11) is 0. The van der Waals surface area contributed by atoms with Crippen LogP contribution in [-0.4, -0.2) is 14.9 Å². The molecule has 15 heavy (non-hydrogen) atoms. The molecule has 0 saturated carbocycles. The van der Waals surface area contributed by atoms with Gasteiger partial charge in [-0.15, -0.1) is 0 Å². The summed E-state index contributed by atoms with van der Waals surface area (Å²) in [5.74, 6) is 0. The standard InChI is InChI=1S/C11H11ClN2O/c1-8-6-9(7-15)14(13-8)11-5-3-2-4-10(11)12/h2-6,15H,7H2,1H3. The van der Waals surface area contributed by atoms with E-state index in [4.69, 9.17) is 11.6 Å². The molecule has 3 nitrogen and oxygen atoms in total. The minimum atomic E-state index is -0.0495. The van der Waals surface area contributed by atoms with E-state index in [1.165, 1.54) is 0 Å². The van der Waals surface area contributed by atoms with Gasteiger partial charge in [0.05, 0.1) is 28.7 Å². The van der Waals surface area contributed by atoms with Crippen LogP contribution in [0.4, 0.5) is 0 Å². The summed E-state index contributed by atoms with van der Waals surface area (Å²) in [6, 6.07) is 9.26. The predicted molar refractivity (Wildman–Crippen MR) is 59.2 cm³/mol. The number of aliphatic hydroxyl groups excluding tert-OH is 1. The van der Waals surface area contributed by atoms with Crippen LogP contribution in [0.3, 0.4) is 0 Å². The number of benzene rings is 1. The first-order valence-electron chi connectivity index (χ1n) is 4.63. The van der Waals surface area contributed by atoms with Gasteiger partial charge >= 0.3 is 0 Å². The molecule has 2 rings (SSSR count). The van der Waals surface area contributed by atoms with Crippen LogP contribution in [0.2, 0.25) is 5.02 Å². The molecule has 1 aromatic carbocycles. The highest BCUT2D eigenvalue weighted by Gasteiger charge is 2.08. The van der Waals surface area contributed by atoms with Crippen LogP contribution < -0.4 is 0 Å². The fourth-order valence-electron chi connectivity index (χ4n) is 1.50. The second-order valence-corrected chi connectivity index (χ2v) is 3.71. The van der Waals surface area contributed by atoms with Gasteiger partial charge in [-0.05, 0) is 25.1 Å². The van der Waals surface area contributed by atoms with Gasteiger partial charge in [-0.3, -0.25) is 0 Å². The first-order chi connectivity index (χ1) is 7.22. The van der Waals surface area contributed by atoms with Crippen LogP contribution in [0.25, 0.3) is 5.69 Å². The van der Waals surface area contributed by atoms with E-state index in [9.17, 15) is 5.11 Å². The molecule has 78 valence electrons. The topological polar surface area (TPSA) is 38.0 Å². The van der Waals surface area contributed by atoms with Crippen LogP contribution >= 0.6 is 11.6 Å². The molecule has 0 bridgehead atoms. The molecule has 0 spiro atoms. The second kappa shape index (κ2) is 4.04. The van der Waals surface area contributed by atoms with Gasteiger partial charge in [0.25, 0.3) is 0 Å². The van der Waals surface area contributed by atoms with E-state index in [0.29, 0.717) is 5.02 Å². The molecule has 4 heteroatoms. The number of aromatic nitrogens is 2. The highest BCUT2D eigenvalue weighted by molar-refractivity contribution is 6.32. The van der Waals surface area contributed by atoms with Crippen molar-refractivity contribution in [3.8, 4) is 5.69 Å². The van der Waals surface area contributed by atoms with Gasteiger partial charge in [-0.25, -0.2) is 4.68 Å². The largest absolute Gasteiger partial charge is 0.390 e. The molecule has 1 heterocycles. The summed E-state index contributed by atoms with van der Waals surface area (Å²) in [6.07, 6.45) is 0. The van der Waals surface area contributed by atoms with E-state index in [2.05, 4.69) is 5.10 Å². The van der Waals surface area contributed by atoms with Gasteiger partial charge in [0.1, 0.15) is 0 Å². The number of hydrogen-bond acceptors (Lipinski definition) is 2. The molecule has 0 radical (unpaired) electrons. The van der Waals surface area contributed by atoms with E-state index in [1.807, 2.05) is 31.2 Å². The smallest absolute Gasteiger partial charge is 0.0854 e. The van der Waals surface area contributed by atoms with Crippen molar-refractivity contribution in [3.63, 3.8) is 0 Å². The minimum Gasteiger partial charge on any atom is -0.390 e. The fraction of sp³-hybridized carbons (Fsp3) is 0.182. The number of halogens is 1. The lowest BCUT2D eigenvalue weighted by Gasteiger charge is -2.06. The quantitative estimate of drug-likeness (QED) is 0.847. The average molecular weight is 223 g/mol. The molecule has 1 aromatic heterocycles. The molecule has 0 unspecified atom stereocenters. The van der Waals surface area contributed by atoms with Crippen LogP contribution in [0, 0.1) is 6.92 Å². The molecule has 0 atom stereocenters. The van der Waals surface area contributed by atoms with Gasteiger partial charge in [0, 0.05) is 0 Å². The third-order valence-corrected chi connectivity index (χ3v) is 2.47. The van der Waals surface area contributed by atoms with Crippen molar-refractivity contribution >= 4 is 11.6 Å². The summed E-state index contributed by atoms with van der Waals surface area (Å²) in [4.78, 5) is 0. The van der Waals surface area contributed by atoms with Gasteiger partial charge in [0.2, 0.25) is 0 Å². The molecule has 1 N–H and O–H groups in total. The highest BCUT2D eigenvalue weighted by atomic mass is 35.5. The first-order valence-corrected chi connectivity index (χ1v) is 5.01. The zero-order valence-electron chi connectivity index (χ0n) is 8.31. The van der Waals surface area contributed by atoms with Crippen molar-refractivity contribution < 1.29 is 5.11 Å². The highest BCUT2D eigenvalue weighted by Crippen LogP contribution is 2.21. The van der Waals surface area contributed by atoms with E-state index in [0.717, 1.165) is 17.1 Å². The molecule has 0 aliphatic carbocycles. The van der Waals surface area contributed by atoms with Crippen molar-refractivity contribution in [1.82, 2.24) is 9.78 Å². The summed E-state index contributed by atoms with van der Waals surface area (Å²) in [6.45, 7) is 1.83. The number of aliphatic hydroxyl groups is 1. The van der Waals surface area contributed by atoms with Crippen molar-refractivity contribution in [2.75, 3.05) is 0 Å². The lowest BCUT2D eigenvalue weighted by atomic mass is 10.3. The zero-order chi connectivity index (χ0) is 10.8. The van der Waals surface area contributed by atoms with Gasteiger partial charge in [-0.1, -0.05) is 23.7 Å². The number of rotatable bonds is 2. The van der Waals surface area contributed by atoms with Crippen molar-refractivity contribution in [2.24, 2.45) is 0 Å². The summed E-state index contributed by atoms with van der Waals surface area (Å²) in [5, 5.41) is 14.1. The maximum absolute atomic E-state index is 9.18. The molecule has 0 amide bonds. The molecular formula is C11H11ClN2O. The Hall–Kier alpha value is -1.32. The lowest BCUT2D eigenvalue weighted by Crippen LogP contribution is -2.02. The lowest BCUT2D eigenvalue weighted by molar-refractivity contribution is 0.273.